The topological polar surface area (TPSA) is 99.1 Å². The average molecular weight is 430 g/mol. The van der Waals surface area contributed by atoms with Crippen molar-refractivity contribution in [1.82, 2.24) is 10.2 Å². The van der Waals surface area contributed by atoms with Gasteiger partial charge in [-0.1, -0.05) is 31.4 Å². The number of benzene rings is 1. The fourth-order valence-corrected chi connectivity index (χ4v) is 4.46. The number of likely N-dealkylation sites (tertiary alicyclic amines) is 1. The molecule has 1 unspecified atom stereocenters. The molecule has 1 heterocycles. The summed E-state index contributed by atoms with van der Waals surface area (Å²) < 4.78 is 42.0. The van der Waals surface area contributed by atoms with Gasteiger partial charge < -0.3 is 25.2 Å². The molecule has 1 aromatic carbocycles. The fourth-order valence-electron chi connectivity index (χ4n) is 4.46. The minimum atomic E-state index is -4.87. The molecule has 7 nitrogen and oxygen atoms in total. The Balaban J connectivity index is 1.89. The molecule has 3 N–H and O–H groups in total. The van der Waals surface area contributed by atoms with E-state index in [0.29, 0.717) is 38.6 Å². The summed E-state index contributed by atoms with van der Waals surface area (Å²) >= 11 is 0. The highest BCUT2D eigenvalue weighted by atomic mass is 19.4. The quantitative estimate of drug-likeness (QED) is 0.666. The van der Waals surface area contributed by atoms with Crippen LogP contribution in [0.15, 0.2) is 24.3 Å². The van der Waals surface area contributed by atoms with Crippen LogP contribution in [-0.2, 0) is 4.79 Å². The Morgan fingerprint density at radius 3 is 2.57 bits per heavy atom. The van der Waals surface area contributed by atoms with Crippen molar-refractivity contribution in [2.75, 3.05) is 13.1 Å². The summed E-state index contributed by atoms with van der Waals surface area (Å²) in [7, 11) is 0. The van der Waals surface area contributed by atoms with E-state index in [4.69, 9.17) is 5.11 Å². The van der Waals surface area contributed by atoms with Crippen molar-refractivity contribution in [3.05, 3.63) is 29.8 Å². The monoisotopic (exact) mass is 430 g/mol. The summed E-state index contributed by atoms with van der Waals surface area (Å²) in [4.78, 5) is 25.8. The number of ether oxygens (including phenoxy) is 1. The molecule has 166 valence electrons. The summed E-state index contributed by atoms with van der Waals surface area (Å²) in [5.74, 6) is -1.93. The first-order valence-corrected chi connectivity index (χ1v) is 9.94. The lowest BCUT2D eigenvalue weighted by Gasteiger charge is -2.40. The number of nitrogens with zero attached hydrogens (tertiary/aromatic N) is 1. The summed E-state index contributed by atoms with van der Waals surface area (Å²) in [6.45, 7) is 0.450. The van der Waals surface area contributed by atoms with Crippen LogP contribution >= 0.6 is 0 Å². The highest BCUT2D eigenvalue weighted by molar-refractivity contribution is 5.85. The number of nitrogens with one attached hydrogen (secondary N) is 1. The maximum atomic E-state index is 13.4. The van der Waals surface area contributed by atoms with Crippen LogP contribution in [0.2, 0.25) is 0 Å². The minimum absolute atomic E-state index is 0.149. The second-order valence-corrected chi connectivity index (χ2v) is 7.94. The Labute approximate surface area is 171 Å². The van der Waals surface area contributed by atoms with Crippen molar-refractivity contribution in [1.29, 1.82) is 0 Å². The van der Waals surface area contributed by atoms with Gasteiger partial charge in [0.2, 0.25) is 5.91 Å². The lowest BCUT2D eigenvalue weighted by molar-refractivity contribution is -0.274. The molecule has 1 aromatic rings. The van der Waals surface area contributed by atoms with Gasteiger partial charge in [-0.05, 0) is 37.0 Å². The molecule has 1 saturated heterocycles. The SMILES string of the molecule is O=C(O)N[C@H]1CCN(C(=O)C(c2cccc(OC(F)(F)F)c2)C2(O)CCCCC2)C1. The number of carbonyl (C=O) groups is 2. The summed E-state index contributed by atoms with van der Waals surface area (Å²) in [6.07, 6.45) is -2.57. The maximum Gasteiger partial charge on any atom is 0.573 e. The zero-order valence-corrected chi connectivity index (χ0v) is 16.3. The van der Waals surface area contributed by atoms with Gasteiger partial charge in [-0.3, -0.25) is 4.79 Å². The smallest absolute Gasteiger partial charge is 0.465 e. The Hall–Kier alpha value is -2.49. The van der Waals surface area contributed by atoms with E-state index in [-0.39, 0.29) is 12.1 Å². The van der Waals surface area contributed by atoms with Crippen LogP contribution in [0.5, 0.6) is 5.75 Å². The second kappa shape index (κ2) is 8.71. The Kier molecular flexibility index (Phi) is 6.44. The van der Waals surface area contributed by atoms with Gasteiger partial charge in [0.15, 0.2) is 0 Å². The molecular formula is C20H25F3N2O5. The zero-order chi connectivity index (χ0) is 21.9. The lowest BCUT2D eigenvalue weighted by Crippen LogP contribution is -2.48. The molecule has 0 radical (unpaired) electrons. The van der Waals surface area contributed by atoms with Gasteiger partial charge in [-0.15, -0.1) is 13.2 Å². The number of carboxylic acid groups (broad SMARTS) is 1. The van der Waals surface area contributed by atoms with Crippen molar-refractivity contribution in [2.45, 2.75) is 62.4 Å². The molecule has 1 saturated carbocycles. The molecule has 0 bridgehead atoms. The number of carbonyl (C=O) groups excluding carboxylic acids is 1. The molecule has 2 amide bonds. The molecule has 1 aliphatic heterocycles. The van der Waals surface area contributed by atoms with E-state index in [1.165, 1.54) is 17.0 Å². The molecule has 2 fully saturated rings. The standard InChI is InChI=1S/C20H25F3N2O5/c21-20(22,23)30-15-6-4-5-13(11-15)16(19(29)8-2-1-3-9-19)17(26)25-10-7-14(12-25)24-18(27)28/h4-6,11,14,16,24,29H,1-3,7-10,12H2,(H,27,28)/t14-,16?/m0/s1. The van der Waals surface area contributed by atoms with E-state index in [1.54, 1.807) is 0 Å². The van der Waals surface area contributed by atoms with E-state index in [1.807, 2.05) is 0 Å². The Morgan fingerprint density at radius 1 is 1.23 bits per heavy atom. The number of hydrogen-bond donors (Lipinski definition) is 3. The van der Waals surface area contributed by atoms with Gasteiger partial charge in [-0.25, -0.2) is 4.79 Å². The molecule has 1 aliphatic carbocycles. The predicted molar refractivity (Wildman–Crippen MR) is 100 cm³/mol. The van der Waals surface area contributed by atoms with E-state index in [2.05, 4.69) is 10.1 Å². The Bertz CT molecular complexity index is 780. The van der Waals surface area contributed by atoms with Crippen LogP contribution in [0, 0.1) is 0 Å². The van der Waals surface area contributed by atoms with Gasteiger partial charge in [0.05, 0.1) is 17.6 Å². The van der Waals surface area contributed by atoms with Crippen LogP contribution in [-0.4, -0.2) is 58.2 Å². The third-order valence-corrected chi connectivity index (χ3v) is 5.76. The number of hydrogen-bond acceptors (Lipinski definition) is 4. The van der Waals surface area contributed by atoms with E-state index < -0.39 is 41.7 Å². The summed E-state index contributed by atoms with van der Waals surface area (Å²) in [5.41, 5.74) is -1.13. The van der Waals surface area contributed by atoms with Gasteiger partial charge in [0, 0.05) is 13.1 Å². The van der Waals surface area contributed by atoms with Crippen LogP contribution in [0.4, 0.5) is 18.0 Å². The van der Waals surface area contributed by atoms with Crippen molar-refractivity contribution >= 4 is 12.0 Å². The first-order valence-electron chi connectivity index (χ1n) is 9.94. The van der Waals surface area contributed by atoms with Crippen molar-refractivity contribution in [2.24, 2.45) is 0 Å². The van der Waals surface area contributed by atoms with Gasteiger partial charge >= 0.3 is 12.5 Å². The number of rotatable bonds is 5. The fraction of sp³-hybridized carbons (Fsp3) is 0.600. The number of alkyl halides is 3. The molecular weight excluding hydrogens is 405 g/mol. The Morgan fingerprint density at radius 2 is 1.93 bits per heavy atom. The van der Waals surface area contributed by atoms with E-state index >= 15 is 0 Å². The van der Waals surface area contributed by atoms with Crippen molar-refractivity contribution < 1.29 is 37.7 Å². The van der Waals surface area contributed by atoms with Gasteiger partial charge in [0.1, 0.15) is 5.75 Å². The minimum Gasteiger partial charge on any atom is -0.465 e. The molecule has 2 atom stereocenters. The highest BCUT2D eigenvalue weighted by Crippen LogP contribution is 2.42. The van der Waals surface area contributed by atoms with Crippen LogP contribution in [0.1, 0.15) is 50.0 Å². The third-order valence-electron chi connectivity index (χ3n) is 5.76. The van der Waals surface area contributed by atoms with Gasteiger partial charge in [0.25, 0.3) is 0 Å². The first-order chi connectivity index (χ1) is 14.1. The van der Waals surface area contributed by atoms with Crippen LogP contribution in [0.3, 0.4) is 0 Å². The van der Waals surface area contributed by atoms with Crippen LogP contribution in [0.25, 0.3) is 0 Å². The lowest BCUT2D eigenvalue weighted by atomic mass is 9.72. The number of amides is 2. The molecule has 0 spiro atoms. The summed E-state index contributed by atoms with van der Waals surface area (Å²) in [6, 6.07) is 4.74. The molecule has 2 aliphatic rings. The number of aliphatic hydroxyl groups is 1. The maximum absolute atomic E-state index is 13.4. The largest absolute Gasteiger partial charge is 0.573 e. The number of halogens is 3. The van der Waals surface area contributed by atoms with Gasteiger partial charge in [-0.2, -0.15) is 0 Å². The third kappa shape index (κ3) is 5.35. The van der Waals surface area contributed by atoms with E-state index in [9.17, 15) is 27.9 Å². The van der Waals surface area contributed by atoms with E-state index in [0.717, 1.165) is 18.6 Å². The predicted octanol–water partition coefficient (Wildman–Crippen LogP) is 3.23. The molecule has 30 heavy (non-hydrogen) atoms. The van der Waals surface area contributed by atoms with Crippen molar-refractivity contribution in [3.8, 4) is 5.75 Å². The highest BCUT2D eigenvalue weighted by Gasteiger charge is 2.46. The molecule has 10 heteroatoms. The average Bonchev–Trinajstić information content (AvgIpc) is 3.09. The van der Waals surface area contributed by atoms with Crippen LogP contribution < -0.4 is 10.1 Å². The first kappa shape index (κ1) is 22.2. The molecule has 0 aromatic heterocycles. The molecule has 3 rings (SSSR count). The summed E-state index contributed by atoms with van der Waals surface area (Å²) in [5, 5.41) is 22.6. The normalized spacial score (nSPS) is 22.4. The van der Waals surface area contributed by atoms with Crippen molar-refractivity contribution in [3.63, 3.8) is 0 Å². The second-order valence-electron chi connectivity index (χ2n) is 7.94. The zero-order valence-electron chi connectivity index (χ0n) is 16.3.